The molecule has 3 nitrogen and oxygen atoms in total. The molecule has 0 saturated heterocycles. The van der Waals surface area contributed by atoms with Gasteiger partial charge in [-0.15, -0.1) is 0 Å². The standard InChI is InChI=1S/C16H22N2O/c17-8-14-4-13(9-18-14)15(19)16-5-10-1-11(6-16)3-12(2-10)7-16/h4,9-12,18H,1-3,5-8,17H2. The van der Waals surface area contributed by atoms with E-state index in [9.17, 15) is 4.79 Å². The number of aromatic amines is 1. The summed E-state index contributed by atoms with van der Waals surface area (Å²) in [6, 6.07) is 1.96. The van der Waals surface area contributed by atoms with Crippen molar-refractivity contribution >= 4 is 5.78 Å². The first-order valence-corrected chi connectivity index (χ1v) is 7.61. The van der Waals surface area contributed by atoms with E-state index in [0.717, 1.165) is 48.3 Å². The Morgan fingerprint density at radius 3 is 2.26 bits per heavy atom. The van der Waals surface area contributed by atoms with E-state index >= 15 is 0 Å². The van der Waals surface area contributed by atoms with Crippen molar-refractivity contribution < 1.29 is 4.79 Å². The van der Waals surface area contributed by atoms with Crippen molar-refractivity contribution in [3.63, 3.8) is 0 Å². The summed E-state index contributed by atoms with van der Waals surface area (Å²) in [5.74, 6) is 2.86. The van der Waals surface area contributed by atoms with Gasteiger partial charge in [0.25, 0.3) is 0 Å². The molecule has 1 aromatic rings. The first kappa shape index (κ1) is 11.7. The Morgan fingerprint density at radius 2 is 1.79 bits per heavy atom. The number of carbonyl (C=O) groups is 1. The smallest absolute Gasteiger partial charge is 0.170 e. The van der Waals surface area contributed by atoms with E-state index in [4.69, 9.17) is 5.73 Å². The number of hydrogen-bond acceptors (Lipinski definition) is 2. The molecule has 4 aliphatic carbocycles. The maximum absolute atomic E-state index is 13.0. The Balaban J connectivity index is 1.66. The molecular weight excluding hydrogens is 236 g/mol. The van der Waals surface area contributed by atoms with Crippen LogP contribution in [0.3, 0.4) is 0 Å². The highest BCUT2D eigenvalue weighted by Gasteiger charge is 2.54. The summed E-state index contributed by atoms with van der Waals surface area (Å²) in [5, 5.41) is 0. The van der Waals surface area contributed by atoms with E-state index < -0.39 is 0 Å². The number of hydrogen-bond donors (Lipinski definition) is 2. The Kier molecular flexibility index (Phi) is 2.44. The topological polar surface area (TPSA) is 58.9 Å². The van der Waals surface area contributed by atoms with Gasteiger partial charge in [-0.3, -0.25) is 4.79 Å². The normalized spacial score (nSPS) is 39.7. The van der Waals surface area contributed by atoms with Crippen molar-refractivity contribution in [1.82, 2.24) is 4.98 Å². The van der Waals surface area contributed by atoms with Crippen LogP contribution in [0, 0.1) is 23.2 Å². The molecule has 3 heteroatoms. The molecule has 0 aromatic carbocycles. The lowest BCUT2D eigenvalue weighted by atomic mass is 9.48. The second-order valence-corrected chi connectivity index (χ2v) is 7.14. The minimum Gasteiger partial charge on any atom is -0.363 e. The fourth-order valence-corrected chi connectivity index (χ4v) is 5.39. The van der Waals surface area contributed by atoms with Gasteiger partial charge < -0.3 is 10.7 Å². The van der Waals surface area contributed by atoms with Crippen LogP contribution in [0.5, 0.6) is 0 Å². The zero-order valence-corrected chi connectivity index (χ0v) is 11.3. The van der Waals surface area contributed by atoms with E-state index in [1.54, 1.807) is 0 Å². The second kappa shape index (κ2) is 3.95. The molecule has 0 atom stereocenters. The number of nitrogens with two attached hydrogens (primary N) is 1. The summed E-state index contributed by atoms with van der Waals surface area (Å²) in [6.45, 7) is 0.480. The van der Waals surface area contributed by atoms with Crippen molar-refractivity contribution in [3.05, 3.63) is 23.5 Å². The van der Waals surface area contributed by atoms with Crippen LogP contribution in [-0.4, -0.2) is 10.8 Å². The molecule has 4 fully saturated rings. The van der Waals surface area contributed by atoms with Crippen LogP contribution in [0.25, 0.3) is 0 Å². The van der Waals surface area contributed by atoms with Crippen LogP contribution in [-0.2, 0) is 6.54 Å². The molecule has 19 heavy (non-hydrogen) atoms. The van der Waals surface area contributed by atoms with Crippen LogP contribution in [0.4, 0.5) is 0 Å². The van der Waals surface area contributed by atoms with E-state index in [0.29, 0.717) is 12.3 Å². The maximum atomic E-state index is 13.0. The molecule has 3 N–H and O–H groups in total. The Labute approximate surface area is 114 Å². The van der Waals surface area contributed by atoms with Crippen LogP contribution in [0.2, 0.25) is 0 Å². The Morgan fingerprint density at radius 1 is 1.21 bits per heavy atom. The molecule has 4 aliphatic rings. The van der Waals surface area contributed by atoms with Crippen molar-refractivity contribution in [2.75, 3.05) is 0 Å². The molecule has 5 rings (SSSR count). The first-order valence-electron chi connectivity index (χ1n) is 7.61. The molecule has 0 amide bonds. The fourth-order valence-electron chi connectivity index (χ4n) is 5.39. The molecule has 0 unspecified atom stereocenters. The fraction of sp³-hybridized carbons (Fsp3) is 0.688. The Bertz CT molecular complexity index is 481. The Hall–Kier alpha value is -1.09. The van der Waals surface area contributed by atoms with Gasteiger partial charge in [-0.2, -0.15) is 0 Å². The van der Waals surface area contributed by atoms with Crippen LogP contribution in [0.15, 0.2) is 12.3 Å². The number of aromatic nitrogens is 1. The van der Waals surface area contributed by atoms with Crippen molar-refractivity contribution in [2.24, 2.45) is 28.9 Å². The molecule has 1 heterocycles. The predicted octanol–water partition coefficient (Wildman–Crippen LogP) is 2.87. The maximum Gasteiger partial charge on any atom is 0.170 e. The summed E-state index contributed by atoms with van der Waals surface area (Å²) in [6.07, 6.45) is 9.43. The number of carbonyl (C=O) groups excluding carboxylic acids is 1. The number of Topliss-reactive ketones (excluding diaryl/α,β-unsaturated/α-hetero) is 1. The van der Waals surface area contributed by atoms with Crippen molar-refractivity contribution in [3.8, 4) is 0 Å². The van der Waals surface area contributed by atoms with E-state index in [1.807, 2.05) is 12.3 Å². The van der Waals surface area contributed by atoms with Gasteiger partial charge >= 0.3 is 0 Å². The van der Waals surface area contributed by atoms with Gasteiger partial charge in [0.15, 0.2) is 5.78 Å². The number of ketones is 1. The van der Waals surface area contributed by atoms with E-state index in [2.05, 4.69) is 4.98 Å². The summed E-state index contributed by atoms with van der Waals surface area (Å²) in [5.41, 5.74) is 7.43. The lowest BCUT2D eigenvalue weighted by Crippen LogP contribution is -2.49. The number of rotatable bonds is 3. The summed E-state index contributed by atoms with van der Waals surface area (Å²) in [7, 11) is 0. The molecule has 0 spiro atoms. The number of nitrogens with one attached hydrogen (secondary N) is 1. The van der Waals surface area contributed by atoms with Gasteiger partial charge in [-0.1, -0.05) is 0 Å². The van der Waals surface area contributed by atoms with Gasteiger partial charge in [0.1, 0.15) is 0 Å². The second-order valence-electron chi connectivity index (χ2n) is 7.14. The zero-order valence-electron chi connectivity index (χ0n) is 11.3. The molecule has 0 aliphatic heterocycles. The van der Waals surface area contributed by atoms with Crippen molar-refractivity contribution in [1.29, 1.82) is 0 Å². The average Bonchev–Trinajstić information content (AvgIpc) is 2.84. The third-order valence-corrected chi connectivity index (χ3v) is 5.74. The molecule has 4 bridgehead atoms. The molecule has 1 aromatic heterocycles. The molecule has 4 saturated carbocycles. The highest BCUT2D eigenvalue weighted by atomic mass is 16.1. The largest absolute Gasteiger partial charge is 0.363 e. The van der Waals surface area contributed by atoms with E-state index in [1.165, 1.54) is 19.3 Å². The van der Waals surface area contributed by atoms with E-state index in [-0.39, 0.29) is 5.41 Å². The minimum absolute atomic E-state index is 0.0250. The van der Waals surface area contributed by atoms with Crippen LogP contribution < -0.4 is 5.73 Å². The molecule has 102 valence electrons. The third-order valence-electron chi connectivity index (χ3n) is 5.74. The van der Waals surface area contributed by atoms with Gasteiger partial charge in [-0.05, 0) is 62.3 Å². The number of H-pyrrole nitrogens is 1. The third kappa shape index (κ3) is 1.71. The molecule has 0 radical (unpaired) electrons. The highest BCUT2D eigenvalue weighted by molar-refractivity contribution is 6.00. The molecular formula is C16H22N2O. The van der Waals surface area contributed by atoms with Gasteiger partial charge in [-0.25, -0.2) is 0 Å². The monoisotopic (exact) mass is 258 g/mol. The van der Waals surface area contributed by atoms with Crippen molar-refractivity contribution in [2.45, 2.75) is 45.1 Å². The first-order chi connectivity index (χ1) is 9.18. The van der Waals surface area contributed by atoms with Gasteiger partial charge in [0.2, 0.25) is 0 Å². The summed E-state index contributed by atoms with van der Waals surface area (Å²) >= 11 is 0. The summed E-state index contributed by atoms with van der Waals surface area (Å²) < 4.78 is 0. The van der Waals surface area contributed by atoms with Crippen LogP contribution >= 0.6 is 0 Å². The lowest BCUT2D eigenvalue weighted by molar-refractivity contribution is -0.0353. The van der Waals surface area contributed by atoms with Gasteiger partial charge in [0.05, 0.1) is 0 Å². The van der Waals surface area contributed by atoms with Crippen LogP contribution in [0.1, 0.15) is 54.6 Å². The minimum atomic E-state index is -0.0250. The average molecular weight is 258 g/mol. The lowest BCUT2D eigenvalue weighted by Gasteiger charge is -2.55. The summed E-state index contributed by atoms with van der Waals surface area (Å²) in [4.78, 5) is 16.1. The zero-order chi connectivity index (χ0) is 13.0. The SMILES string of the molecule is NCc1cc(C(=O)C23CC4CC(CC(C4)C2)C3)c[nH]1. The highest BCUT2D eigenvalue weighted by Crippen LogP contribution is 2.60. The quantitative estimate of drug-likeness (QED) is 0.819. The van der Waals surface area contributed by atoms with Gasteiger partial charge in [0, 0.05) is 29.4 Å². The predicted molar refractivity (Wildman–Crippen MR) is 73.6 cm³/mol.